The van der Waals surface area contributed by atoms with Gasteiger partial charge in [0, 0.05) is 29.5 Å². The number of methoxy groups -OCH3 is 2. The minimum absolute atomic E-state index is 0.0528. The van der Waals surface area contributed by atoms with Crippen molar-refractivity contribution in [2.45, 2.75) is 57.1 Å². The molecule has 0 saturated heterocycles. The molecule has 2 amide bonds. The number of carbonyl (C=O) groups is 2. The average molecular weight is 767 g/mol. The summed E-state index contributed by atoms with van der Waals surface area (Å²) >= 11 is 3.51. The monoisotopic (exact) mass is 765 g/mol. The molecule has 4 aromatic carbocycles. The van der Waals surface area contributed by atoms with Crippen molar-refractivity contribution in [3.05, 3.63) is 113 Å². The molecule has 50 heavy (non-hydrogen) atoms. The van der Waals surface area contributed by atoms with Crippen LogP contribution in [-0.4, -0.2) is 64.6 Å². The van der Waals surface area contributed by atoms with E-state index in [4.69, 9.17) is 14.2 Å². The lowest BCUT2D eigenvalue weighted by molar-refractivity contribution is -0.140. The molecule has 0 aliphatic rings. The molecule has 1 N–H and O–H groups in total. The highest BCUT2D eigenvalue weighted by atomic mass is 79.9. The van der Waals surface area contributed by atoms with Gasteiger partial charge in [0.1, 0.15) is 18.3 Å². The number of nitrogens with zero attached hydrogens (tertiary/aromatic N) is 2. The van der Waals surface area contributed by atoms with Crippen molar-refractivity contribution in [2.24, 2.45) is 0 Å². The molecular formula is C38H44BrN3O7S. The van der Waals surface area contributed by atoms with E-state index in [-0.39, 0.29) is 41.2 Å². The van der Waals surface area contributed by atoms with Gasteiger partial charge >= 0.3 is 0 Å². The summed E-state index contributed by atoms with van der Waals surface area (Å²) in [7, 11) is -1.50. The number of halogens is 1. The maximum atomic E-state index is 14.7. The van der Waals surface area contributed by atoms with Gasteiger partial charge in [-0.1, -0.05) is 65.3 Å². The Bertz CT molecular complexity index is 1840. The second-order valence-corrected chi connectivity index (χ2v) is 14.4. The molecule has 4 aromatic rings. The van der Waals surface area contributed by atoms with Gasteiger partial charge in [0.25, 0.3) is 10.0 Å². The van der Waals surface area contributed by atoms with Crippen LogP contribution in [0.4, 0.5) is 5.69 Å². The number of amides is 2. The summed E-state index contributed by atoms with van der Waals surface area (Å²) < 4.78 is 47.2. The van der Waals surface area contributed by atoms with E-state index >= 15 is 0 Å². The Morgan fingerprint density at radius 1 is 0.840 bits per heavy atom. The molecular weight excluding hydrogens is 722 g/mol. The van der Waals surface area contributed by atoms with Gasteiger partial charge in [-0.3, -0.25) is 13.9 Å². The zero-order valence-electron chi connectivity index (χ0n) is 29.0. The van der Waals surface area contributed by atoms with E-state index < -0.39 is 28.5 Å². The van der Waals surface area contributed by atoms with Crippen LogP contribution in [-0.2, 0) is 32.6 Å². The molecule has 0 heterocycles. The van der Waals surface area contributed by atoms with E-state index in [9.17, 15) is 18.0 Å². The van der Waals surface area contributed by atoms with E-state index in [1.165, 1.54) is 37.3 Å². The number of ether oxygens (including phenoxy) is 3. The summed E-state index contributed by atoms with van der Waals surface area (Å²) in [6, 6.07) is 26.5. The normalized spacial score (nSPS) is 12.4. The van der Waals surface area contributed by atoms with E-state index in [0.29, 0.717) is 24.5 Å². The van der Waals surface area contributed by atoms with E-state index in [1.54, 1.807) is 24.3 Å². The predicted molar refractivity (Wildman–Crippen MR) is 198 cm³/mol. The van der Waals surface area contributed by atoms with Gasteiger partial charge in [0.2, 0.25) is 11.8 Å². The highest BCUT2D eigenvalue weighted by molar-refractivity contribution is 9.10. The van der Waals surface area contributed by atoms with Gasteiger partial charge in [-0.25, -0.2) is 8.42 Å². The summed E-state index contributed by atoms with van der Waals surface area (Å²) in [5.41, 5.74) is 1.85. The quantitative estimate of drug-likeness (QED) is 0.129. The first-order valence-electron chi connectivity index (χ1n) is 16.4. The molecule has 0 radical (unpaired) electrons. The molecule has 2 unspecified atom stereocenters. The van der Waals surface area contributed by atoms with Crippen molar-refractivity contribution in [3.8, 4) is 17.2 Å². The summed E-state index contributed by atoms with van der Waals surface area (Å²) in [6.07, 6.45) is 0.910. The third-order valence-corrected chi connectivity index (χ3v) is 10.4. The van der Waals surface area contributed by atoms with Gasteiger partial charge in [-0.15, -0.1) is 0 Å². The second-order valence-electron chi connectivity index (χ2n) is 11.6. The highest BCUT2D eigenvalue weighted by Gasteiger charge is 2.35. The van der Waals surface area contributed by atoms with Crippen LogP contribution in [0.25, 0.3) is 0 Å². The fourth-order valence-corrected chi connectivity index (χ4v) is 7.21. The van der Waals surface area contributed by atoms with Crippen molar-refractivity contribution in [2.75, 3.05) is 31.7 Å². The molecule has 12 heteroatoms. The first-order chi connectivity index (χ1) is 24.0. The van der Waals surface area contributed by atoms with Crippen molar-refractivity contribution in [3.63, 3.8) is 0 Å². The third-order valence-electron chi connectivity index (χ3n) is 8.17. The van der Waals surface area contributed by atoms with Crippen molar-refractivity contribution in [1.82, 2.24) is 10.2 Å². The van der Waals surface area contributed by atoms with Crippen LogP contribution >= 0.6 is 15.9 Å². The Kier molecular flexibility index (Phi) is 13.7. The van der Waals surface area contributed by atoms with Crippen LogP contribution in [0, 0.1) is 0 Å². The van der Waals surface area contributed by atoms with E-state index in [2.05, 4.69) is 21.2 Å². The molecule has 4 rings (SSSR count). The summed E-state index contributed by atoms with van der Waals surface area (Å²) in [4.78, 5) is 30.1. The van der Waals surface area contributed by atoms with Crippen molar-refractivity contribution in [1.29, 1.82) is 0 Å². The predicted octanol–water partition coefficient (Wildman–Crippen LogP) is 6.62. The van der Waals surface area contributed by atoms with Crippen LogP contribution in [0.15, 0.2) is 106 Å². The lowest BCUT2D eigenvalue weighted by Crippen LogP contribution is -2.54. The second kappa shape index (κ2) is 17.9. The number of benzene rings is 4. The molecule has 0 aromatic heterocycles. The first-order valence-corrected chi connectivity index (χ1v) is 18.6. The van der Waals surface area contributed by atoms with Crippen LogP contribution in [0.2, 0.25) is 0 Å². The number of nitrogens with one attached hydrogen (secondary N) is 1. The number of anilines is 1. The Balaban J connectivity index is 1.84. The Labute approximate surface area is 303 Å². The van der Waals surface area contributed by atoms with Gasteiger partial charge in [0.15, 0.2) is 11.5 Å². The molecule has 0 aliphatic heterocycles. The number of rotatable bonds is 17. The fraction of sp³-hybridized carbons (Fsp3) is 0.316. The number of hydrogen-bond donors (Lipinski definition) is 1. The SMILES string of the molecule is CCOc1ccc(N(CC(=O)N(Cc2cccc(Br)c2)C(Cc2ccccc2)C(=O)NC(C)CC)S(=O)(=O)c2ccc(OC)c(OC)c2)cc1. The van der Waals surface area contributed by atoms with Crippen LogP contribution < -0.4 is 23.8 Å². The zero-order chi connectivity index (χ0) is 36.3. The van der Waals surface area contributed by atoms with Crippen LogP contribution in [0.3, 0.4) is 0 Å². The van der Waals surface area contributed by atoms with Crippen LogP contribution in [0.1, 0.15) is 38.3 Å². The summed E-state index contributed by atoms with van der Waals surface area (Å²) in [5.74, 6) is 0.218. The van der Waals surface area contributed by atoms with Gasteiger partial charge in [-0.2, -0.15) is 0 Å². The number of carbonyl (C=O) groups excluding carboxylic acids is 2. The number of hydrogen-bond acceptors (Lipinski definition) is 7. The Hall–Kier alpha value is -4.55. The minimum atomic E-state index is -4.37. The van der Waals surface area contributed by atoms with Gasteiger partial charge in [0.05, 0.1) is 31.4 Å². The highest BCUT2D eigenvalue weighted by Crippen LogP contribution is 2.33. The summed E-state index contributed by atoms with van der Waals surface area (Å²) in [5, 5.41) is 3.05. The fourth-order valence-electron chi connectivity index (χ4n) is 5.34. The summed E-state index contributed by atoms with van der Waals surface area (Å²) in [6.45, 7) is 5.61. The molecule has 0 bridgehead atoms. The molecule has 0 saturated carbocycles. The topological polar surface area (TPSA) is 114 Å². The molecule has 2 atom stereocenters. The van der Waals surface area contributed by atoms with Crippen LogP contribution in [0.5, 0.6) is 17.2 Å². The van der Waals surface area contributed by atoms with E-state index in [0.717, 1.165) is 19.9 Å². The molecule has 266 valence electrons. The van der Waals surface area contributed by atoms with Crippen molar-refractivity contribution < 1.29 is 32.2 Å². The van der Waals surface area contributed by atoms with Gasteiger partial charge in [-0.05, 0) is 79.9 Å². The Morgan fingerprint density at radius 2 is 1.52 bits per heavy atom. The standard InChI is InChI=1S/C38H44BrN3O7S/c1-6-27(3)40-38(44)34(23-28-12-9-8-10-13-28)41(25-29-14-11-15-30(39)22-29)37(43)26-42(31-16-18-32(19-17-31)49-7-2)50(45,46)33-20-21-35(47-4)36(24-33)48-5/h8-22,24,27,34H,6-7,23,25-26H2,1-5H3,(H,40,44). The lowest BCUT2D eigenvalue weighted by atomic mass is 10.0. The largest absolute Gasteiger partial charge is 0.494 e. The maximum Gasteiger partial charge on any atom is 0.264 e. The number of sulfonamides is 1. The minimum Gasteiger partial charge on any atom is -0.494 e. The first kappa shape index (κ1) is 38.3. The molecule has 0 spiro atoms. The average Bonchev–Trinajstić information content (AvgIpc) is 3.12. The lowest BCUT2D eigenvalue weighted by Gasteiger charge is -2.34. The smallest absolute Gasteiger partial charge is 0.264 e. The van der Waals surface area contributed by atoms with E-state index in [1.807, 2.05) is 75.4 Å². The molecule has 0 aliphatic carbocycles. The third kappa shape index (κ3) is 9.79. The Morgan fingerprint density at radius 3 is 2.14 bits per heavy atom. The van der Waals surface area contributed by atoms with Gasteiger partial charge < -0.3 is 24.4 Å². The van der Waals surface area contributed by atoms with Crippen molar-refractivity contribution >= 4 is 43.5 Å². The zero-order valence-corrected chi connectivity index (χ0v) is 31.4. The molecule has 10 nitrogen and oxygen atoms in total. The molecule has 0 fully saturated rings. The maximum absolute atomic E-state index is 14.7.